The highest BCUT2D eigenvalue weighted by Crippen LogP contribution is 2.42. The van der Waals surface area contributed by atoms with E-state index in [9.17, 15) is 26.8 Å². The zero-order chi connectivity index (χ0) is 27.8. The maximum atomic E-state index is 13.1. The minimum atomic E-state index is -5.63. The van der Waals surface area contributed by atoms with Crippen LogP contribution in [0.4, 0.5) is 18.9 Å². The second-order valence-corrected chi connectivity index (χ2v) is 16.3. The molecule has 0 unspecified atom stereocenters. The molecular formula is C27H31F3N2O4SSi. The predicted octanol–water partition coefficient (Wildman–Crippen LogP) is 5.03. The molecule has 1 aliphatic heterocycles. The molecule has 6 nitrogen and oxygen atoms in total. The summed E-state index contributed by atoms with van der Waals surface area (Å²) in [5.74, 6) is 0. The maximum Gasteiger partial charge on any atom is 0.516 e. The first-order chi connectivity index (χ1) is 17.8. The van der Waals surface area contributed by atoms with Crippen LogP contribution < -0.4 is 15.1 Å². The molecule has 2 atom stereocenters. The summed E-state index contributed by atoms with van der Waals surface area (Å²) in [6.45, 7) is 6.49. The molecule has 38 heavy (non-hydrogen) atoms. The fraction of sp³-hybridized carbons (Fsp3) is 0.333. The van der Waals surface area contributed by atoms with Gasteiger partial charge in [0.15, 0.2) is 0 Å². The third kappa shape index (κ3) is 5.39. The molecule has 11 heteroatoms. The van der Waals surface area contributed by atoms with E-state index in [2.05, 4.69) is 45.0 Å². The van der Waals surface area contributed by atoms with Crippen molar-refractivity contribution in [3.05, 3.63) is 90.5 Å². The van der Waals surface area contributed by atoms with Crippen LogP contribution in [-0.4, -0.2) is 45.2 Å². The zero-order valence-corrected chi connectivity index (χ0v) is 23.1. The first-order valence-electron chi connectivity index (χ1n) is 12.2. The number of anilines is 1. The molecule has 1 aliphatic rings. The highest BCUT2D eigenvalue weighted by Gasteiger charge is 2.53. The molecule has 1 fully saturated rings. The van der Waals surface area contributed by atoms with Crippen LogP contribution >= 0.6 is 0 Å². The summed E-state index contributed by atoms with van der Waals surface area (Å²) < 4.78 is 71.5. The fourth-order valence-corrected chi connectivity index (χ4v) is 10.5. The number of benzene rings is 3. The smallest absolute Gasteiger partial charge is 0.403 e. The predicted molar refractivity (Wildman–Crippen MR) is 143 cm³/mol. The maximum absolute atomic E-state index is 13.1. The number of halogens is 3. The van der Waals surface area contributed by atoms with Gasteiger partial charge in [0.2, 0.25) is 0 Å². The summed E-state index contributed by atoms with van der Waals surface area (Å²) in [5.41, 5.74) is -5.47. The molecule has 0 bridgehead atoms. The number of hydrogen-bond donors (Lipinski definition) is 2. The van der Waals surface area contributed by atoms with Crippen LogP contribution in [0.3, 0.4) is 0 Å². The van der Waals surface area contributed by atoms with Crippen LogP contribution in [0.25, 0.3) is 0 Å². The zero-order valence-electron chi connectivity index (χ0n) is 21.3. The number of nitrogens with zero attached hydrogens (tertiary/aromatic N) is 1. The fourth-order valence-electron chi connectivity index (χ4n) is 5.18. The summed E-state index contributed by atoms with van der Waals surface area (Å²) in [6.07, 6.45) is -0.213. The van der Waals surface area contributed by atoms with E-state index < -0.39 is 36.0 Å². The topological polar surface area (TPSA) is 78.9 Å². The average Bonchev–Trinajstić information content (AvgIpc) is 3.22. The van der Waals surface area contributed by atoms with Crippen molar-refractivity contribution >= 4 is 34.4 Å². The lowest BCUT2D eigenvalue weighted by Crippen LogP contribution is -2.67. The van der Waals surface area contributed by atoms with Gasteiger partial charge >= 0.3 is 15.5 Å². The number of hydrogen-bond acceptors (Lipinski definition) is 5. The number of sulfonamides is 1. The van der Waals surface area contributed by atoms with Crippen molar-refractivity contribution in [2.45, 2.75) is 49.9 Å². The average molecular weight is 565 g/mol. The van der Waals surface area contributed by atoms with Crippen molar-refractivity contribution in [1.82, 2.24) is 5.06 Å². The molecule has 3 aromatic carbocycles. The largest absolute Gasteiger partial charge is 0.516 e. The van der Waals surface area contributed by atoms with Gasteiger partial charge in [-0.15, -0.1) is 0 Å². The van der Waals surface area contributed by atoms with E-state index in [1.54, 1.807) is 10.8 Å². The summed E-state index contributed by atoms with van der Waals surface area (Å²) in [6, 6.07) is 25.0. The molecular weight excluding hydrogens is 533 g/mol. The molecule has 3 aromatic rings. The number of hydroxylamine groups is 2. The normalized spacial score (nSPS) is 19.4. The molecule has 0 radical (unpaired) electrons. The van der Waals surface area contributed by atoms with Crippen molar-refractivity contribution in [3.63, 3.8) is 0 Å². The number of para-hydroxylation sites is 1. The Bertz CT molecular complexity index is 1310. The van der Waals surface area contributed by atoms with Crippen molar-refractivity contribution in [3.8, 4) is 0 Å². The Kier molecular flexibility index (Phi) is 7.79. The minimum Gasteiger partial charge on any atom is -0.403 e. The summed E-state index contributed by atoms with van der Waals surface area (Å²) in [5, 5.41) is 13.7. The Morgan fingerprint density at radius 2 is 1.39 bits per heavy atom. The summed E-state index contributed by atoms with van der Waals surface area (Å²) >= 11 is 0. The molecule has 204 valence electrons. The van der Waals surface area contributed by atoms with Crippen molar-refractivity contribution in [2.75, 3.05) is 11.3 Å². The lowest BCUT2D eigenvalue weighted by Gasteiger charge is -2.44. The van der Waals surface area contributed by atoms with E-state index in [1.165, 1.54) is 18.2 Å². The van der Waals surface area contributed by atoms with E-state index in [0.29, 0.717) is 0 Å². The van der Waals surface area contributed by atoms with Gasteiger partial charge in [0.25, 0.3) is 8.32 Å². The van der Waals surface area contributed by atoms with Gasteiger partial charge in [-0.2, -0.15) is 26.7 Å². The Balaban J connectivity index is 1.71. The van der Waals surface area contributed by atoms with Gasteiger partial charge in [-0.3, -0.25) is 4.72 Å². The van der Waals surface area contributed by atoms with Crippen LogP contribution in [0.1, 0.15) is 38.8 Å². The summed E-state index contributed by atoms with van der Waals surface area (Å²) in [7, 11) is -8.58. The Morgan fingerprint density at radius 1 is 0.895 bits per heavy atom. The Morgan fingerprint density at radius 3 is 1.89 bits per heavy atom. The van der Waals surface area contributed by atoms with Gasteiger partial charge in [0.1, 0.15) is 0 Å². The lowest BCUT2D eigenvalue weighted by atomic mass is 10.0. The summed E-state index contributed by atoms with van der Waals surface area (Å²) in [4.78, 5) is 0. The van der Waals surface area contributed by atoms with Gasteiger partial charge in [-0.1, -0.05) is 99.6 Å². The number of alkyl halides is 3. The third-order valence-corrected chi connectivity index (χ3v) is 13.1. The third-order valence-electron chi connectivity index (χ3n) is 6.87. The monoisotopic (exact) mass is 564 g/mol. The van der Waals surface area contributed by atoms with E-state index in [0.717, 1.165) is 15.4 Å². The minimum absolute atomic E-state index is 0.107. The van der Waals surface area contributed by atoms with Gasteiger partial charge in [-0.05, 0) is 33.5 Å². The van der Waals surface area contributed by atoms with Crippen LogP contribution in [0.15, 0.2) is 84.9 Å². The Hall–Kier alpha value is -2.70. The van der Waals surface area contributed by atoms with Crippen LogP contribution in [0, 0.1) is 0 Å². The molecule has 1 saturated heterocycles. The van der Waals surface area contributed by atoms with E-state index >= 15 is 0 Å². The molecule has 0 aromatic heterocycles. The van der Waals surface area contributed by atoms with Crippen LogP contribution in [-0.2, 0) is 14.4 Å². The van der Waals surface area contributed by atoms with Gasteiger partial charge < -0.3 is 9.63 Å². The van der Waals surface area contributed by atoms with Gasteiger partial charge in [0, 0.05) is 6.54 Å². The number of rotatable bonds is 7. The van der Waals surface area contributed by atoms with Crippen LogP contribution in [0.5, 0.6) is 0 Å². The molecule has 0 amide bonds. The highest BCUT2D eigenvalue weighted by atomic mass is 32.2. The first-order valence-corrected chi connectivity index (χ1v) is 15.6. The van der Waals surface area contributed by atoms with Crippen LogP contribution in [0.2, 0.25) is 5.04 Å². The first kappa shape index (κ1) is 28.3. The van der Waals surface area contributed by atoms with Crippen molar-refractivity contribution < 1.29 is 31.2 Å². The standard InChI is InChI=1S/C27H31F3N2O4SSi/c1-26(2,3)38(21-12-6-4-7-13-21,22-14-8-5-9-15-22)36-20-18-25(32(33)19-20)23-16-10-11-17-24(23)31-37(34,35)27(28,29)30/h4-17,20,25,31,33H,18-19H2,1-3H3/t20-,25+/m1/s1. The second-order valence-electron chi connectivity index (χ2n) is 10.4. The Labute approximate surface area is 222 Å². The van der Waals surface area contributed by atoms with E-state index in [1.807, 2.05) is 36.4 Å². The number of nitrogens with one attached hydrogen (secondary N) is 1. The van der Waals surface area contributed by atoms with E-state index in [-0.39, 0.29) is 29.3 Å². The van der Waals surface area contributed by atoms with E-state index in [4.69, 9.17) is 4.43 Å². The molecule has 4 rings (SSSR count). The molecule has 0 saturated carbocycles. The lowest BCUT2D eigenvalue weighted by molar-refractivity contribution is -0.108. The van der Waals surface area contributed by atoms with Crippen molar-refractivity contribution in [2.24, 2.45) is 0 Å². The molecule has 0 aliphatic carbocycles. The molecule has 2 N–H and O–H groups in total. The van der Waals surface area contributed by atoms with Gasteiger partial charge in [0.05, 0.1) is 17.8 Å². The quantitative estimate of drug-likeness (QED) is 0.394. The van der Waals surface area contributed by atoms with Crippen molar-refractivity contribution in [1.29, 1.82) is 0 Å². The molecule has 0 spiro atoms. The SMILES string of the molecule is CC(C)(C)[Si](O[C@@H]1C[C@@H](c2ccccc2NS(=O)(=O)C(F)(F)F)N(O)C1)(c1ccccc1)c1ccccc1. The molecule has 1 heterocycles. The second kappa shape index (κ2) is 10.5. The van der Waals surface area contributed by atoms with Gasteiger partial charge in [-0.25, -0.2) is 0 Å². The highest BCUT2D eigenvalue weighted by molar-refractivity contribution is 7.93.